The maximum absolute atomic E-state index is 12.7. The molecule has 0 amide bonds. The predicted molar refractivity (Wildman–Crippen MR) is 78.8 cm³/mol. The largest absolute Gasteiger partial charge is 0.456 e. The fourth-order valence-electron chi connectivity index (χ4n) is 2.76. The van der Waals surface area contributed by atoms with E-state index in [0.717, 1.165) is 16.5 Å². The van der Waals surface area contributed by atoms with Gasteiger partial charge < -0.3 is 4.42 Å². The first-order chi connectivity index (χ1) is 9.09. The minimum absolute atomic E-state index is 0.0734. The van der Waals surface area contributed by atoms with Crippen LogP contribution < -0.4 is 5.43 Å². The van der Waals surface area contributed by atoms with Crippen LogP contribution in [0.4, 0.5) is 0 Å². The van der Waals surface area contributed by atoms with Crippen molar-refractivity contribution in [1.29, 1.82) is 0 Å². The highest BCUT2D eigenvalue weighted by Gasteiger charge is 2.15. The summed E-state index contributed by atoms with van der Waals surface area (Å²) in [4.78, 5) is 12.7. The number of aryl methyl sites for hydroxylation is 1. The quantitative estimate of drug-likeness (QED) is 0.602. The monoisotopic (exact) mass is 252 g/mol. The molecule has 0 aliphatic rings. The van der Waals surface area contributed by atoms with Gasteiger partial charge in [-0.3, -0.25) is 4.79 Å². The van der Waals surface area contributed by atoms with Gasteiger partial charge in [-0.25, -0.2) is 0 Å². The van der Waals surface area contributed by atoms with Crippen LogP contribution in [0.25, 0.3) is 21.9 Å². The lowest BCUT2D eigenvalue weighted by Crippen LogP contribution is -2.07. The molecule has 1 heterocycles. The van der Waals surface area contributed by atoms with Gasteiger partial charge in [0.1, 0.15) is 11.2 Å². The molecule has 0 spiro atoms. The molecule has 0 radical (unpaired) electrons. The number of para-hydroxylation sites is 1. The van der Waals surface area contributed by atoms with Crippen molar-refractivity contribution < 1.29 is 4.42 Å². The van der Waals surface area contributed by atoms with Crippen molar-refractivity contribution in [3.8, 4) is 0 Å². The van der Waals surface area contributed by atoms with Crippen molar-refractivity contribution >= 4 is 21.9 Å². The summed E-state index contributed by atoms with van der Waals surface area (Å²) in [5, 5.41) is 1.39. The van der Waals surface area contributed by atoms with E-state index in [4.69, 9.17) is 4.42 Å². The Bertz CT molecular complexity index is 826. The van der Waals surface area contributed by atoms with Crippen LogP contribution in [-0.4, -0.2) is 0 Å². The molecule has 96 valence electrons. The number of hydrogen-bond donors (Lipinski definition) is 0. The molecule has 0 aliphatic heterocycles. The van der Waals surface area contributed by atoms with Gasteiger partial charge in [-0.15, -0.1) is 0 Å². The van der Waals surface area contributed by atoms with Crippen molar-refractivity contribution in [2.45, 2.75) is 26.7 Å². The third-order valence-electron chi connectivity index (χ3n) is 3.58. The van der Waals surface area contributed by atoms with Gasteiger partial charge in [-0.05, 0) is 42.2 Å². The Morgan fingerprint density at radius 1 is 1.00 bits per heavy atom. The summed E-state index contributed by atoms with van der Waals surface area (Å²) < 4.78 is 5.87. The molecule has 0 N–H and O–H groups in total. The van der Waals surface area contributed by atoms with Crippen molar-refractivity contribution in [3.63, 3.8) is 0 Å². The van der Waals surface area contributed by atoms with E-state index in [2.05, 4.69) is 13.8 Å². The normalized spacial score (nSPS) is 11.6. The van der Waals surface area contributed by atoms with E-state index < -0.39 is 0 Å². The Balaban J connectivity index is 2.60. The second-order valence-corrected chi connectivity index (χ2v) is 5.25. The summed E-state index contributed by atoms with van der Waals surface area (Å²) >= 11 is 0. The second kappa shape index (κ2) is 4.23. The molecule has 0 saturated heterocycles. The van der Waals surface area contributed by atoms with Crippen molar-refractivity contribution in [2.24, 2.45) is 0 Å². The van der Waals surface area contributed by atoms with Crippen LogP contribution >= 0.6 is 0 Å². The van der Waals surface area contributed by atoms with Gasteiger partial charge >= 0.3 is 0 Å². The summed E-state index contributed by atoms with van der Waals surface area (Å²) in [5.74, 6) is 0.299. The molecule has 0 unspecified atom stereocenters. The minimum atomic E-state index is 0.0734. The van der Waals surface area contributed by atoms with E-state index in [-0.39, 0.29) is 5.43 Å². The molecule has 0 atom stereocenters. The van der Waals surface area contributed by atoms with Gasteiger partial charge in [0.05, 0.1) is 10.8 Å². The molecule has 0 bridgehead atoms. The van der Waals surface area contributed by atoms with Crippen LogP contribution in [-0.2, 0) is 0 Å². The molecule has 0 aliphatic carbocycles. The van der Waals surface area contributed by atoms with E-state index in [9.17, 15) is 4.79 Å². The Morgan fingerprint density at radius 3 is 2.47 bits per heavy atom. The SMILES string of the molecule is Cc1ccc2oc3ccccc3c(=O)c2c1C(C)C. The molecule has 1 aromatic heterocycles. The van der Waals surface area contributed by atoms with Crippen molar-refractivity contribution in [1.82, 2.24) is 0 Å². The lowest BCUT2D eigenvalue weighted by atomic mass is 9.93. The zero-order valence-electron chi connectivity index (χ0n) is 11.4. The fourth-order valence-corrected chi connectivity index (χ4v) is 2.76. The highest BCUT2D eigenvalue weighted by molar-refractivity contribution is 5.92. The predicted octanol–water partition coefficient (Wildman–Crippen LogP) is 4.38. The van der Waals surface area contributed by atoms with E-state index in [1.807, 2.05) is 43.3 Å². The minimum Gasteiger partial charge on any atom is -0.456 e. The van der Waals surface area contributed by atoms with Crippen LogP contribution in [0.15, 0.2) is 45.6 Å². The standard InChI is InChI=1S/C17H16O2/c1-10(2)15-11(3)8-9-14-16(15)17(18)12-6-4-5-7-13(12)19-14/h4-10H,1-3H3. The highest BCUT2D eigenvalue weighted by Crippen LogP contribution is 2.28. The smallest absolute Gasteiger partial charge is 0.200 e. The van der Waals surface area contributed by atoms with E-state index >= 15 is 0 Å². The van der Waals surface area contributed by atoms with Crippen molar-refractivity contribution in [2.75, 3.05) is 0 Å². The summed E-state index contributed by atoms with van der Waals surface area (Å²) in [5.41, 5.74) is 3.64. The molecule has 0 saturated carbocycles. The first kappa shape index (κ1) is 12.0. The summed E-state index contributed by atoms with van der Waals surface area (Å²) in [7, 11) is 0. The number of rotatable bonds is 1. The lowest BCUT2D eigenvalue weighted by Gasteiger charge is -2.13. The lowest BCUT2D eigenvalue weighted by molar-refractivity contribution is 0.658. The van der Waals surface area contributed by atoms with Crippen LogP contribution in [0.3, 0.4) is 0 Å². The third kappa shape index (κ3) is 1.75. The second-order valence-electron chi connectivity index (χ2n) is 5.25. The molecular weight excluding hydrogens is 236 g/mol. The van der Waals surface area contributed by atoms with E-state index in [0.29, 0.717) is 22.5 Å². The average Bonchev–Trinajstić information content (AvgIpc) is 2.39. The Hall–Kier alpha value is -2.09. The van der Waals surface area contributed by atoms with Gasteiger partial charge in [-0.1, -0.05) is 32.0 Å². The first-order valence-electron chi connectivity index (χ1n) is 6.54. The van der Waals surface area contributed by atoms with Crippen molar-refractivity contribution in [3.05, 3.63) is 57.7 Å². The van der Waals surface area contributed by atoms with Gasteiger partial charge in [0, 0.05) is 0 Å². The van der Waals surface area contributed by atoms with Crippen LogP contribution in [0, 0.1) is 6.92 Å². The maximum atomic E-state index is 12.7. The molecule has 2 nitrogen and oxygen atoms in total. The average molecular weight is 252 g/mol. The number of hydrogen-bond acceptors (Lipinski definition) is 2. The summed E-state index contributed by atoms with van der Waals surface area (Å²) in [6, 6.07) is 11.3. The van der Waals surface area contributed by atoms with Gasteiger partial charge in [0.25, 0.3) is 0 Å². The maximum Gasteiger partial charge on any atom is 0.200 e. The van der Waals surface area contributed by atoms with E-state index in [1.165, 1.54) is 0 Å². The van der Waals surface area contributed by atoms with Gasteiger partial charge in [0.2, 0.25) is 5.43 Å². The third-order valence-corrected chi connectivity index (χ3v) is 3.58. The van der Waals surface area contributed by atoms with Crippen LogP contribution in [0.5, 0.6) is 0 Å². The fraction of sp³-hybridized carbons (Fsp3) is 0.235. The molecular formula is C17H16O2. The molecule has 0 fully saturated rings. The molecule has 2 aromatic carbocycles. The number of fused-ring (bicyclic) bond motifs is 2. The Kier molecular flexibility index (Phi) is 2.67. The Labute approximate surface area is 111 Å². The number of benzene rings is 2. The highest BCUT2D eigenvalue weighted by atomic mass is 16.3. The molecule has 19 heavy (non-hydrogen) atoms. The van der Waals surface area contributed by atoms with Crippen LogP contribution in [0.2, 0.25) is 0 Å². The van der Waals surface area contributed by atoms with Gasteiger partial charge in [-0.2, -0.15) is 0 Å². The topological polar surface area (TPSA) is 30.2 Å². The van der Waals surface area contributed by atoms with Gasteiger partial charge in [0.15, 0.2) is 0 Å². The molecule has 3 rings (SSSR count). The summed E-state index contributed by atoms with van der Waals surface area (Å²) in [6.07, 6.45) is 0. The zero-order chi connectivity index (χ0) is 13.6. The first-order valence-corrected chi connectivity index (χ1v) is 6.54. The molecule has 3 aromatic rings. The zero-order valence-corrected chi connectivity index (χ0v) is 11.4. The van der Waals surface area contributed by atoms with Crippen LogP contribution in [0.1, 0.15) is 30.9 Å². The van der Waals surface area contributed by atoms with E-state index in [1.54, 1.807) is 0 Å². The summed E-state index contributed by atoms with van der Waals surface area (Å²) in [6.45, 7) is 6.26. The molecule has 2 heteroatoms. The Morgan fingerprint density at radius 2 is 1.74 bits per heavy atom.